The summed E-state index contributed by atoms with van der Waals surface area (Å²) < 4.78 is 23.9. The Labute approximate surface area is 139 Å². The van der Waals surface area contributed by atoms with Gasteiger partial charge in [0.1, 0.15) is 19.0 Å². The number of nitrogens with zero attached hydrogens (tertiary/aromatic N) is 1. The maximum atomic E-state index is 13.6. The molecule has 2 amide bonds. The van der Waals surface area contributed by atoms with Crippen molar-refractivity contribution >= 4 is 12.0 Å². The first-order valence-corrected chi connectivity index (χ1v) is 8.11. The van der Waals surface area contributed by atoms with Crippen molar-refractivity contribution in [3.8, 4) is 0 Å². The normalized spacial score (nSPS) is 19.9. The van der Waals surface area contributed by atoms with Crippen LogP contribution >= 0.6 is 0 Å². The molecular formula is C17H21FN2O4. The molecule has 2 saturated heterocycles. The molecular weight excluding hydrogens is 315 g/mol. The van der Waals surface area contributed by atoms with E-state index in [2.05, 4.69) is 5.32 Å². The fourth-order valence-corrected chi connectivity index (χ4v) is 3.21. The molecule has 3 rings (SSSR count). The predicted octanol–water partition coefficient (Wildman–Crippen LogP) is 1.44. The molecule has 2 aliphatic heterocycles. The number of rotatable bonds is 5. The molecule has 0 aliphatic carbocycles. The number of nitrogens with one attached hydrogen (secondary N) is 1. The van der Waals surface area contributed by atoms with Gasteiger partial charge >= 0.3 is 6.09 Å². The summed E-state index contributed by atoms with van der Waals surface area (Å²) in [5.41, 5.74) is 0.522. The van der Waals surface area contributed by atoms with E-state index in [4.69, 9.17) is 9.47 Å². The quantitative estimate of drug-likeness (QED) is 0.884. The lowest BCUT2D eigenvalue weighted by Gasteiger charge is -2.38. The molecule has 0 radical (unpaired) electrons. The minimum atomic E-state index is -0.462. The monoisotopic (exact) mass is 336 g/mol. The van der Waals surface area contributed by atoms with Crippen LogP contribution in [0.5, 0.6) is 0 Å². The van der Waals surface area contributed by atoms with Gasteiger partial charge in [0, 0.05) is 25.2 Å². The minimum Gasteiger partial charge on any atom is -0.448 e. The smallest absolute Gasteiger partial charge is 0.410 e. The summed E-state index contributed by atoms with van der Waals surface area (Å²) >= 11 is 0. The third kappa shape index (κ3) is 3.67. The van der Waals surface area contributed by atoms with E-state index in [0.717, 1.165) is 5.56 Å². The third-order valence-electron chi connectivity index (χ3n) is 4.69. The summed E-state index contributed by atoms with van der Waals surface area (Å²) in [6.45, 7) is 2.26. The van der Waals surface area contributed by atoms with Crippen LogP contribution in [0, 0.1) is 5.82 Å². The zero-order valence-corrected chi connectivity index (χ0v) is 13.4. The van der Waals surface area contributed by atoms with Crippen molar-refractivity contribution < 1.29 is 23.5 Å². The molecule has 0 unspecified atom stereocenters. The molecule has 2 heterocycles. The van der Waals surface area contributed by atoms with Gasteiger partial charge in [0.15, 0.2) is 0 Å². The van der Waals surface area contributed by atoms with Crippen LogP contribution in [0.4, 0.5) is 9.18 Å². The van der Waals surface area contributed by atoms with Gasteiger partial charge in [0.05, 0.1) is 6.54 Å². The number of halogens is 1. The maximum absolute atomic E-state index is 13.6. The van der Waals surface area contributed by atoms with Gasteiger partial charge in [-0.15, -0.1) is 0 Å². The van der Waals surface area contributed by atoms with Crippen molar-refractivity contribution in [2.75, 3.05) is 39.5 Å². The van der Waals surface area contributed by atoms with Crippen molar-refractivity contribution in [2.45, 2.75) is 18.3 Å². The SMILES string of the molecule is O=C(CN1CCOC1=O)NCC1(c2cccc(F)c2)CCOCC1. The highest BCUT2D eigenvalue weighted by Crippen LogP contribution is 2.34. The molecule has 1 N–H and O–H groups in total. The fourth-order valence-electron chi connectivity index (χ4n) is 3.21. The van der Waals surface area contributed by atoms with Crippen LogP contribution in [0.1, 0.15) is 18.4 Å². The molecule has 0 bridgehead atoms. The van der Waals surface area contributed by atoms with Crippen LogP contribution in [-0.2, 0) is 19.7 Å². The lowest BCUT2D eigenvalue weighted by molar-refractivity contribution is -0.122. The summed E-state index contributed by atoms with van der Waals surface area (Å²) in [6, 6.07) is 6.51. The van der Waals surface area contributed by atoms with E-state index in [1.165, 1.54) is 17.0 Å². The van der Waals surface area contributed by atoms with E-state index >= 15 is 0 Å². The Morgan fingerprint density at radius 1 is 1.29 bits per heavy atom. The topological polar surface area (TPSA) is 67.9 Å². The summed E-state index contributed by atoms with van der Waals surface area (Å²) in [7, 11) is 0. The molecule has 24 heavy (non-hydrogen) atoms. The summed E-state index contributed by atoms with van der Waals surface area (Å²) in [5.74, 6) is -0.527. The highest BCUT2D eigenvalue weighted by atomic mass is 19.1. The molecule has 6 nitrogen and oxygen atoms in total. The standard InChI is InChI=1S/C17H21FN2O4/c18-14-3-1-2-13(10-14)17(4-7-23-8-5-17)12-19-15(21)11-20-6-9-24-16(20)22/h1-3,10H,4-9,11-12H2,(H,19,21). The van der Waals surface area contributed by atoms with Crippen molar-refractivity contribution in [1.82, 2.24) is 10.2 Å². The molecule has 0 saturated carbocycles. The van der Waals surface area contributed by atoms with E-state index in [1.807, 2.05) is 6.07 Å². The van der Waals surface area contributed by atoms with Gasteiger partial charge in [-0.25, -0.2) is 9.18 Å². The van der Waals surface area contributed by atoms with Crippen molar-refractivity contribution in [3.05, 3.63) is 35.6 Å². The zero-order chi connectivity index (χ0) is 17.0. The number of cyclic esters (lactones) is 1. The number of hydrogen-bond donors (Lipinski definition) is 1. The Morgan fingerprint density at radius 3 is 2.75 bits per heavy atom. The Balaban J connectivity index is 1.66. The van der Waals surface area contributed by atoms with E-state index in [9.17, 15) is 14.0 Å². The van der Waals surface area contributed by atoms with Crippen LogP contribution in [0.2, 0.25) is 0 Å². The van der Waals surface area contributed by atoms with E-state index in [-0.39, 0.29) is 23.7 Å². The first kappa shape index (κ1) is 16.7. The molecule has 2 fully saturated rings. The number of carbonyl (C=O) groups is 2. The van der Waals surface area contributed by atoms with Gasteiger partial charge in [0.2, 0.25) is 5.91 Å². The molecule has 130 valence electrons. The molecule has 1 aromatic rings. The van der Waals surface area contributed by atoms with Crippen LogP contribution in [0.25, 0.3) is 0 Å². The number of amides is 2. The van der Waals surface area contributed by atoms with E-state index in [1.54, 1.807) is 6.07 Å². The Morgan fingerprint density at radius 2 is 2.08 bits per heavy atom. The Kier molecular flexibility index (Phi) is 4.99. The Bertz CT molecular complexity index is 616. The summed E-state index contributed by atoms with van der Waals surface area (Å²) in [6.07, 6.45) is 0.960. The first-order valence-electron chi connectivity index (χ1n) is 8.11. The van der Waals surface area contributed by atoms with Gasteiger partial charge in [0.25, 0.3) is 0 Å². The van der Waals surface area contributed by atoms with E-state index in [0.29, 0.717) is 45.8 Å². The molecule has 1 aromatic carbocycles. The van der Waals surface area contributed by atoms with Crippen molar-refractivity contribution in [2.24, 2.45) is 0 Å². The van der Waals surface area contributed by atoms with E-state index < -0.39 is 6.09 Å². The second-order valence-electron chi connectivity index (χ2n) is 6.22. The van der Waals surface area contributed by atoms with Gasteiger partial charge in [-0.1, -0.05) is 12.1 Å². The second-order valence-corrected chi connectivity index (χ2v) is 6.22. The second kappa shape index (κ2) is 7.17. The summed E-state index contributed by atoms with van der Waals surface area (Å²) in [5, 5.41) is 2.89. The van der Waals surface area contributed by atoms with Crippen LogP contribution in [-0.4, -0.2) is 56.4 Å². The van der Waals surface area contributed by atoms with Crippen LogP contribution in [0.3, 0.4) is 0 Å². The largest absolute Gasteiger partial charge is 0.448 e. The lowest BCUT2D eigenvalue weighted by atomic mass is 9.74. The van der Waals surface area contributed by atoms with Crippen LogP contribution in [0.15, 0.2) is 24.3 Å². The van der Waals surface area contributed by atoms with Gasteiger partial charge in [-0.05, 0) is 30.5 Å². The van der Waals surface area contributed by atoms with Gasteiger partial charge in [-0.3, -0.25) is 9.69 Å². The number of ether oxygens (including phenoxy) is 2. The van der Waals surface area contributed by atoms with Crippen molar-refractivity contribution in [3.63, 3.8) is 0 Å². The summed E-state index contributed by atoms with van der Waals surface area (Å²) in [4.78, 5) is 24.9. The van der Waals surface area contributed by atoms with Gasteiger partial charge in [-0.2, -0.15) is 0 Å². The number of hydrogen-bond acceptors (Lipinski definition) is 4. The molecule has 0 atom stereocenters. The minimum absolute atomic E-state index is 0.0193. The highest BCUT2D eigenvalue weighted by molar-refractivity contribution is 5.82. The molecule has 7 heteroatoms. The Hall–Kier alpha value is -2.15. The zero-order valence-electron chi connectivity index (χ0n) is 13.4. The average Bonchev–Trinajstić information content (AvgIpc) is 2.99. The lowest BCUT2D eigenvalue weighted by Crippen LogP contribution is -2.47. The number of carbonyl (C=O) groups excluding carboxylic acids is 2. The maximum Gasteiger partial charge on any atom is 0.410 e. The number of benzene rings is 1. The van der Waals surface area contributed by atoms with Crippen molar-refractivity contribution in [1.29, 1.82) is 0 Å². The molecule has 0 spiro atoms. The average molecular weight is 336 g/mol. The third-order valence-corrected chi connectivity index (χ3v) is 4.69. The van der Waals surface area contributed by atoms with Gasteiger partial charge < -0.3 is 14.8 Å². The van der Waals surface area contributed by atoms with Crippen LogP contribution < -0.4 is 5.32 Å². The molecule has 0 aromatic heterocycles. The fraction of sp³-hybridized carbons (Fsp3) is 0.529. The first-order chi connectivity index (χ1) is 11.6. The molecule has 2 aliphatic rings. The predicted molar refractivity (Wildman–Crippen MR) is 84.1 cm³/mol. The highest BCUT2D eigenvalue weighted by Gasteiger charge is 2.35.